The first-order valence-corrected chi connectivity index (χ1v) is 8.22. The van der Waals surface area contributed by atoms with Crippen molar-refractivity contribution in [1.82, 2.24) is 14.5 Å². The summed E-state index contributed by atoms with van der Waals surface area (Å²) in [4.78, 5) is 8.46. The van der Waals surface area contributed by atoms with Gasteiger partial charge in [0.2, 0.25) is 0 Å². The van der Waals surface area contributed by atoms with E-state index in [0.29, 0.717) is 11.5 Å². The first kappa shape index (κ1) is 17.1. The van der Waals surface area contributed by atoms with Gasteiger partial charge in [0.05, 0.1) is 16.8 Å². The van der Waals surface area contributed by atoms with Crippen LogP contribution in [0.25, 0.3) is 22.2 Å². The second-order valence-corrected chi connectivity index (χ2v) is 6.16. The monoisotopic (exact) mass is 368 g/mol. The summed E-state index contributed by atoms with van der Waals surface area (Å²) in [6.45, 7) is 0. The van der Waals surface area contributed by atoms with Crippen LogP contribution in [0.15, 0.2) is 67.1 Å². The number of alkyl halides is 3. The number of anilines is 2. The Morgan fingerprint density at radius 2 is 1.85 bits per heavy atom. The molecule has 0 spiro atoms. The fraction of sp³-hybridized carbons (Fsp3) is 0.100. The molecule has 0 amide bonds. The molecule has 7 heteroatoms. The fourth-order valence-corrected chi connectivity index (χ4v) is 3.01. The summed E-state index contributed by atoms with van der Waals surface area (Å²) in [6.07, 6.45) is 0.811. The number of rotatable bonds is 3. The van der Waals surface area contributed by atoms with Crippen molar-refractivity contribution in [2.75, 3.05) is 5.32 Å². The third-order valence-corrected chi connectivity index (χ3v) is 4.35. The van der Waals surface area contributed by atoms with Gasteiger partial charge in [0.15, 0.2) is 0 Å². The molecule has 0 unspecified atom stereocenters. The van der Waals surface area contributed by atoms with Crippen LogP contribution in [0.3, 0.4) is 0 Å². The molecule has 0 atom stereocenters. The maximum atomic E-state index is 12.9. The van der Waals surface area contributed by atoms with Crippen molar-refractivity contribution in [1.29, 1.82) is 0 Å². The van der Waals surface area contributed by atoms with Crippen molar-refractivity contribution in [3.8, 4) is 11.3 Å². The number of hydrogen-bond acceptors (Lipinski definition) is 3. The highest BCUT2D eigenvalue weighted by atomic mass is 19.4. The van der Waals surface area contributed by atoms with E-state index < -0.39 is 11.7 Å². The zero-order chi connectivity index (χ0) is 19.0. The van der Waals surface area contributed by atoms with Gasteiger partial charge in [0.25, 0.3) is 0 Å². The van der Waals surface area contributed by atoms with Gasteiger partial charge < -0.3 is 9.88 Å². The molecule has 1 N–H and O–H groups in total. The molecule has 3 heterocycles. The van der Waals surface area contributed by atoms with Gasteiger partial charge in [-0.15, -0.1) is 0 Å². The number of pyridine rings is 2. The Hall–Kier alpha value is -3.35. The third-order valence-electron chi connectivity index (χ3n) is 4.35. The lowest BCUT2D eigenvalue weighted by molar-refractivity contribution is -0.137. The van der Waals surface area contributed by atoms with Crippen LogP contribution in [0.5, 0.6) is 0 Å². The standard InChI is InChI=1S/C20H15F3N4/c1-27-17(13-4-3-7-24-11-13)8-14-12-25-19(10-18(14)27)26-16-6-2-5-15(9-16)20(21,22)23/h2-12H,1H3,(H,25,26). The average molecular weight is 368 g/mol. The number of hydrogen-bond donors (Lipinski definition) is 1. The summed E-state index contributed by atoms with van der Waals surface area (Å²) < 4.78 is 40.6. The summed E-state index contributed by atoms with van der Waals surface area (Å²) >= 11 is 0. The average Bonchev–Trinajstić information content (AvgIpc) is 2.98. The molecule has 4 nitrogen and oxygen atoms in total. The summed E-state index contributed by atoms with van der Waals surface area (Å²) in [5, 5.41) is 3.88. The van der Waals surface area contributed by atoms with Crippen LogP contribution in [-0.2, 0) is 13.2 Å². The SMILES string of the molecule is Cn1c(-c2cccnc2)cc2cnc(Nc3cccc(C(F)(F)F)c3)cc21. The summed E-state index contributed by atoms with van der Waals surface area (Å²) in [5.41, 5.74) is 2.50. The molecule has 0 aliphatic heterocycles. The molecule has 136 valence electrons. The zero-order valence-electron chi connectivity index (χ0n) is 14.3. The van der Waals surface area contributed by atoms with E-state index in [9.17, 15) is 13.2 Å². The molecular weight excluding hydrogens is 353 g/mol. The highest BCUT2D eigenvalue weighted by Gasteiger charge is 2.30. The molecule has 0 aliphatic rings. The van der Waals surface area contributed by atoms with Crippen LogP contribution in [0.1, 0.15) is 5.56 Å². The molecule has 0 saturated carbocycles. The molecule has 27 heavy (non-hydrogen) atoms. The molecule has 0 fully saturated rings. The normalized spacial score (nSPS) is 11.7. The third kappa shape index (κ3) is 3.36. The van der Waals surface area contributed by atoms with E-state index in [2.05, 4.69) is 15.3 Å². The number of aromatic nitrogens is 3. The Morgan fingerprint density at radius 3 is 2.59 bits per heavy atom. The van der Waals surface area contributed by atoms with Gasteiger partial charge in [-0.2, -0.15) is 13.2 Å². The molecule has 0 saturated heterocycles. The van der Waals surface area contributed by atoms with Crippen LogP contribution in [0, 0.1) is 0 Å². The number of aryl methyl sites for hydroxylation is 1. The fourth-order valence-electron chi connectivity index (χ4n) is 3.01. The van der Waals surface area contributed by atoms with Crippen molar-refractivity contribution in [3.63, 3.8) is 0 Å². The van der Waals surface area contributed by atoms with Crippen LogP contribution in [0.4, 0.5) is 24.7 Å². The smallest absolute Gasteiger partial charge is 0.343 e. The Morgan fingerprint density at radius 1 is 1.00 bits per heavy atom. The van der Waals surface area contributed by atoms with E-state index in [4.69, 9.17) is 0 Å². The van der Waals surface area contributed by atoms with E-state index in [-0.39, 0.29) is 0 Å². The highest BCUT2D eigenvalue weighted by molar-refractivity contribution is 5.88. The van der Waals surface area contributed by atoms with Gasteiger partial charge >= 0.3 is 6.18 Å². The lowest BCUT2D eigenvalue weighted by atomic mass is 10.2. The first-order chi connectivity index (χ1) is 12.9. The van der Waals surface area contributed by atoms with Crippen LogP contribution >= 0.6 is 0 Å². The quantitative estimate of drug-likeness (QED) is 0.527. The minimum absolute atomic E-state index is 0.332. The van der Waals surface area contributed by atoms with Crippen molar-refractivity contribution in [2.24, 2.45) is 7.05 Å². The molecule has 4 rings (SSSR count). The molecule has 1 aromatic carbocycles. The molecule has 3 aromatic heterocycles. The first-order valence-electron chi connectivity index (χ1n) is 8.22. The zero-order valence-corrected chi connectivity index (χ0v) is 14.3. The number of nitrogens with zero attached hydrogens (tertiary/aromatic N) is 3. The largest absolute Gasteiger partial charge is 0.416 e. The van der Waals surface area contributed by atoms with Crippen molar-refractivity contribution < 1.29 is 13.2 Å². The Kier molecular flexibility index (Phi) is 4.07. The van der Waals surface area contributed by atoms with Gasteiger partial charge in [-0.1, -0.05) is 6.07 Å². The molecular formula is C20H15F3N4. The van der Waals surface area contributed by atoms with E-state index in [0.717, 1.165) is 34.3 Å². The second kappa shape index (κ2) is 6.42. The predicted molar refractivity (Wildman–Crippen MR) is 98.7 cm³/mol. The second-order valence-electron chi connectivity index (χ2n) is 6.16. The van der Waals surface area contributed by atoms with Crippen LogP contribution < -0.4 is 5.32 Å². The number of fused-ring (bicyclic) bond motifs is 1. The Balaban J connectivity index is 1.69. The lowest BCUT2D eigenvalue weighted by Gasteiger charge is -2.10. The summed E-state index contributed by atoms with van der Waals surface area (Å²) in [7, 11) is 1.93. The Bertz CT molecular complexity index is 1100. The van der Waals surface area contributed by atoms with E-state index in [1.165, 1.54) is 6.07 Å². The predicted octanol–water partition coefficient (Wildman–Crippen LogP) is 5.40. The van der Waals surface area contributed by atoms with Crippen molar-refractivity contribution in [3.05, 3.63) is 72.7 Å². The number of nitrogens with one attached hydrogen (secondary N) is 1. The number of benzene rings is 1. The molecule has 0 aliphatic carbocycles. The van der Waals surface area contributed by atoms with Crippen molar-refractivity contribution in [2.45, 2.75) is 6.18 Å². The molecule has 4 aromatic rings. The van der Waals surface area contributed by atoms with Crippen LogP contribution in [-0.4, -0.2) is 14.5 Å². The minimum Gasteiger partial charge on any atom is -0.343 e. The topological polar surface area (TPSA) is 42.7 Å². The summed E-state index contributed by atoms with van der Waals surface area (Å²) in [6, 6.07) is 12.7. The summed E-state index contributed by atoms with van der Waals surface area (Å²) in [5.74, 6) is 0.473. The Labute approximate surface area is 153 Å². The van der Waals surface area contributed by atoms with Crippen molar-refractivity contribution >= 4 is 22.4 Å². The maximum absolute atomic E-state index is 12.9. The molecule has 0 radical (unpaired) electrons. The van der Waals surface area contributed by atoms with Gasteiger partial charge in [-0.05, 0) is 36.4 Å². The molecule has 0 bridgehead atoms. The van der Waals surface area contributed by atoms with Gasteiger partial charge in [0, 0.05) is 48.3 Å². The van der Waals surface area contributed by atoms with Crippen LogP contribution in [0.2, 0.25) is 0 Å². The van der Waals surface area contributed by atoms with E-state index >= 15 is 0 Å². The number of halogens is 3. The van der Waals surface area contributed by atoms with E-state index in [1.54, 1.807) is 24.7 Å². The highest BCUT2D eigenvalue weighted by Crippen LogP contribution is 2.32. The minimum atomic E-state index is -4.38. The maximum Gasteiger partial charge on any atom is 0.416 e. The van der Waals surface area contributed by atoms with Gasteiger partial charge in [-0.25, -0.2) is 4.98 Å². The van der Waals surface area contributed by atoms with Gasteiger partial charge in [-0.3, -0.25) is 4.98 Å². The van der Waals surface area contributed by atoms with E-state index in [1.807, 2.05) is 35.9 Å². The lowest BCUT2D eigenvalue weighted by Crippen LogP contribution is -2.05. The van der Waals surface area contributed by atoms with Gasteiger partial charge in [0.1, 0.15) is 5.82 Å².